The maximum atomic E-state index is 12.0. The van der Waals surface area contributed by atoms with Crippen LogP contribution in [-0.4, -0.2) is 24.2 Å². The Hall–Kier alpha value is -2.27. The van der Waals surface area contributed by atoms with Gasteiger partial charge in [-0.15, -0.1) is 11.8 Å². The molecular formula is C20H21NO3S. The number of hydrogen-bond donors (Lipinski definition) is 1. The Labute approximate surface area is 152 Å². The van der Waals surface area contributed by atoms with Crippen LogP contribution in [0.4, 0.5) is 5.69 Å². The summed E-state index contributed by atoms with van der Waals surface area (Å²) in [6.07, 6.45) is 3.34. The largest absolute Gasteiger partial charge is 0.455 e. The third kappa shape index (κ3) is 4.86. The summed E-state index contributed by atoms with van der Waals surface area (Å²) >= 11 is 1.42. The lowest BCUT2D eigenvalue weighted by molar-refractivity contribution is -0.144. The molecule has 2 aromatic rings. The van der Waals surface area contributed by atoms with Gasteiger partial charge in [-0.25, -0.2) is 0 Å². The zero-order valence-electron chi connectivity index (χ0n) is 14.2. The smallest absolute Gasteiger partial charge is 0.316 e. The summed E-state index contributed by atoms with van der Waals surface area (Å²) in [6.45, 7) is 1.74. The van der Waals surface area contributed by atoms with Crippen LogP contribution in [-0.2, 0) is 27.2 Å². The minimum absolute atomic E-state index is 0.191. The molecule has 2 aromatic carbocycles. The van der Waals surface area contributed by atoms with E-state index < -0.39 is 5.97 Å². The van der Waals surface area contributed by atoms with Gasteiger partial charge in [0.2, 0.25) is 0 Å². The van der Waals surface area contributed by atoms with Crippen LogP contribution in [0.2, 0.25) is 0 Å². The molecule has 1 amide bonds. The quantitative estimate of drug-likeness (QED) is 0.633. The number of rotatable bonds is 6. The molecule has 25 heavy (non-hydrogen) atoms. The highest BCUT2D eigenvalue weighted by molar-refractivity contribution is 8.00. The van der Waals surface area contributed by atoms with Gasteiger partial charge < -0.3 is 10.1 Å². The fourth-order valence-corrected chi connectivity index (χ4v) is 3.72. The Bertz CT molecular complexity index is 788. The van der Waals surface area contributed by atoms with Gasteiger partial charge >= 0.3 is 5.97 Å². The molecule has 1 aliphatic rings. The highest BCUT2D eigenvalue weighted by Gasteiger charge is 2.13. The van der Waals surface area contributed by atoms with Gasteiger partial charge in [-0.2, -0.15) is 0 Å². The molecule has 0 aromatic heterocycles. The van der Waals surface area contributed by atoms with Crippen LogP contribution in [0.5, 0.6) is 0 Å². The van der Waals surface area contributed by atoms with Gasteiger partial charge in [0.1, 0.15) is 0 Å². The predicted octanol–water partition coefficient (Wildman–Crippen LogP) is 3.76. The van der Waals surface area contributed by atoms with E-state index in [0.29, 0.717) is 0 Å². The zero-order valence-corrected chi connectivity index (χ0v) is 15.0. The molecule has 5 heteroatoms. The fraction of sp³-hybridized carbons (Fsp3) is 0.300. The van der Waals surface area contributed by atoms with Gasteiger partial charge in [-0.05, 0) is 61.1 Å². The number of carbonyl (C=O) groups is 2. The maximum absolute atomic E-state index is 12.0. The molecule has 0 spiro atoms. The Morgan fingerprint density at radius 3 is 2.76 bits per heavy atom. The number of ether oxygens (including phenoxy) is 1. The highest BCUT2D eigenvalue weighted by Crippen LogP contribution is 2.25. The van der Waals surface area contributed by atoms with Crippen molar-refractivity contribution in [1.29, 1.82) is 0 Å². The zero-order chi connectivity index (χ0) is 17.6. The van der Waals surface area contributed by atoms with Gasteiger partial charge in [-0.1, -0.05) is 24.3 Å². The predicted molar refractivity (Wildman–Crippen MR) is 100.0 cm³/mol. The Kier molecular flexibility index (Phi) is 5.76. The highest BCUT2D eigenvalue weighted by atomic mass is 32.2. The van der Waals surface area contributed by atoms with Crippen LogP contribution in [0.3, 0.4) is 0 Å². The van der Waals surface area contributed by atoms with E-state index in [-0.39, 0.29) is 18.3 Å². The van der Waals surface area contributed by atoms with E-state index in [9.17, 15) is 9.59 Å². The summed E-state index contributed by atoms with van der Waals surface area (Å²) in [4.78, 5) is 24.8. The second kappa shape index (κ2) is 8.21. The number of thioether (sulfide) groups is 1. The minimum atomic E-state index is -0.391. The molecule has 0 radical (unpaired) electrons. The normalized spacial score (nSPS) is 12.5. The Morgan fingerprint density at radius 2 is 1.92 bits per heavy atom. The van der Waals surface area contributed by atoms with E-state index in [4.69, 9.17) is 4.74 Å². The van der Waals surface area contributed by atoms with Crippen molar-refractivity contribution in [3.05, 3.63) is 59.2 Å². The average Bonchev–Trinajstić information content (AvgIpc) is 3.07. The molecule has 0 unspecified atom stereocenters. The van der Waals surface area contributed by atoms with Crippen molar-refractivity contribution in [3.63, 3.8) is 0 Å². The van der Waals surface area contributed by atoms with E-state index in [1.807, 2.05) is 43.3 Å². The standard InChI is InChI=1S/C20H21NO3S/c1-14-5-2-3-8-18(14)25-13-20(23)24-12-19(22)21-17-10-9-15-6-4-7-16(15)11-17/h2-3,5,8-11H,4,6-7,12-13H2,1H3,(H,21,22). The second-order valence-electron chi connectivity index (χ2n) is 6.10. The van der Waals surface area contributed by atoms with Gasteiger partial charge in [0.25, 0.3) is 5.91 Å². The lowest BCUT2D eigenvalue weighted by Gasteiger charge is -2.09. The van der Waals surface area contributed by atoms with E-state index in [1.54, 1.807) is 0 Å². The molecule has 0 heterocycles. The summed E-state index contributed by atoms with van der Waals surface area (Å²) in [6, 6.07) is 13.8. The number of nitrogens with one attached hydrogen (secondary N) is 1. The van der Waals surface area contributed by atoms with Crippen molar-refractivity contribution >= 4 is 29.3 Å². The van der Waals surface area contributed by atoms with Crippen molar-refractivity contribution in [2.75, 3.05) is 17.7 Å². The van der Waals surface area contributed by atoms with Crippen LogP contribution in [0.1, 0.15) is 23.1 Å². The molecular weight excluding hydrogens is 334 g/mol. The molecule has 1 aliphatic carbocycles. The first-order valence-electron chi connectivity index (χ1n) is 8.37. The van der Waals surface area contributed by atoms with Crippen molar-refractivity contribution in [2.45, 2.75) is 31.1 Å². The SMILES string of the molecule is Cc1ccccc1SCC(=O)OCC(=O)Nc1ccc2c(c1)CCC2. The summed E-state index contributed by atoms with van der Waals surface area (Å²) in [5.41, 5.74) is 4.53. The van der Waals surface area contributed by atoms with Gasteiger partial charge in [0.15, 0.2) is 6.61 Å². The number of benzene rings is 2. The van der Waals surface area contributed by atoms with Crippen molar-refractivity contribution in [1.82, 2.24) is 0 Å². The third-order valence-electron chi connectivity index (χ3n) is 4.19. The fourth-order valence-electron chi connectivity index (χ4n) is 2.89. The van der Waals surface area contributed by atoms with E-state index in [1.165, 1.54) is 29.3 Å². The number of hydrogen-bond acceptors (Lipinski definition) is 4. The summed E-state index contributed by atoms with van der Waals surface area (Å²) in [5, 5.41) is 2.79. The molecule has 0 saturated carbocycles. The second-order valence-corrected chi connectivity index (χ2v) is 7.12. The Morgan fingerprint density at radius 1 is 1.12 bits per heavy atom. The minimum Gasteiger partial charge on any atom is -0.455 e. The lowest BCUT2D eigenvalue weighted by atomic mass is 10.1. The molecule has 0 saturated heterocycles. The van der Waals surface area contributed by atoms with Crippen molar-refractivity contribution in [3.8, 4) is 0 Å². The van der Waals surface area contributed by atoms with Gasteiger partial charge in [-0.3, -0.25) is 9.59 Å². The lowest BCUT2D eigenvalue weighted by Crippen LogP contribution is -2.21. The molecule has 0 aliphatic heterocycles. The van der Waals surface area contributed by atoms with Crippen molar-refractivity contribution < 1.29 is 14.3 Å². The number of fused-ring (bicyclic) bond motifs is 1. The third-order valence-corrected chi connectivity index (χ3v) is 5.33. The van der Waals surface area contributed by atoms with Crippen LogP contribution in [0.15, 0.2) is 47.4 Å². The van der Waals surface area contributed by atoms with Crippen LogP contribution >= 0.6 is 11.8 Å². The average molecular weight is 355 g/mol. The van der Waals surface area contributed by atoms with Crippen molar-refractivity contribution in [2.24, 2.45) is 0 Å². The first-order valence-corrected chi connectivity index (χ1v) is 9.36. The first-order chi connectivity index (χ1) is 12.1. The summed E-state index contributed by atoms with van der Waals surface area (Å²) in [7, 11) is 0. The molecule has 1 N–H and O–H groups in total. The van der Waals surface area contributed by atoms with E-state index in [0.717, 1.165) is 29.0 Å². The van der Waals surface area contributed by atoms with Gasteiger partial charge in [0.05, 0.1) is 5.75 Å². The molecule has 0 bridgehead atoms. The number of amides is 1. The molecule has 130 valence electrons. The number of aryl methyl sites for hydroxylation is 3. The van der Waals surface area contributed by atoms with Crippen LogP contribution < -0.4 is 5.32 Å². The molecule has 3 rings (SSSR count). The number of anilines is 1. The van der Waals surface area contributed by atoms with Crippen LogP contribution in [0, 0.1) is 6.92 Å². The topological polar surface area (TPSA) is 55.4 Å². The number of carbonyl (C=O) groups excluding carboxylic acids is 2. The monoisotopic (exact) mass is 355 g/mol. The Balaban J connectivity index is 1.42. The first kappa shape index (κ1) is 17.5. The van der Waals surface area contributed by atoms with E-state index in [2.05, 4.69) is 11.4 Å². The molecule has 0 atom stereocenters. The van der Waals surface area contributed by atoms with Gasteiger partial charge in [0, 0.05) is 10.6 Å². The van der Waals surface area contributed by atoms with Crippen LogP contribution in [0.25, 0.3) is 0 Å². The summed E-state index contributed by atoms with van der Waals surface area (Å²) < 4.78 is 5.06. The molecule has 4 nitrogen and oxygen atoms in total. The maximum Gasteiger partial charge on any atom is 0.316 e. The molecule has 0 fully saturated rings. The summed E-state index contributed by atoms with van der Waals surface area (Å²) in [5.74, 6) is -0.513. The van der Waals surface area contributed by atoms with E-state index >= 15 is 0 Å². The number of esters is 1.